The van der Waals surface area contributed by atoms with Crippen molar-refractivity contribution in [3.8, 4) is 33.1 Å². The van der Waals surface area contributed by atoms with Crippen LogP contribution in [0, 0.1) is 19.3 Å². The van der Waals surface area contributed by atoms with Crippen LogP contribution in [-0.4, -0.2) is 91.4 Å². The lowest BCUT2D eigenvalue weighted by molar-refractivity contribution is -0.144. The van der Waals surface area contributed by atoms with Crippen LogP contribution in [-0.2, 0) is 32.1 Å². The fourth-order valence-corrected chi connectivity index (χ4v) is 12.8. The zero-order valence-electron chi connectivity index (χ0n) is 50.3. The first kappa shape index (κ1) is 60.8. The van der Waals surface area contributed by atoms with E-state index in [0.717, 1.165) is 59.7 Å². The van der Waals surface area contributed by atoms with Gasteiger partial charge in [-0.05, 0) is 153 Å². The quantitative estimate of drug-likeness (QED) is 0.0629. The Hall–Kier alpha value is -8.32. The van der Waals surface area contributed by atoms with Crippen molar-refractivity contribution in [1.82, 2.24) is 30.5 Å². The lowest BCUT2D eigenvalue weighted by atomic mass is 9.85. The number of carbonyl (C=O) groups is 5. The molecule has 2 aliphatic rings. The highest BCUT2D eigenvalue weighted by Gasteiger charge is 2.45. The summed E-state index contributed by atoms with van der Waals surface area (Å²) >= 11 is 3.00. The van der Waals surface area contributed by atoms with Crippen LogP contribution in [0.5, 0.6) is 11.5 Å². The maximum absolute atomic E-state index is 14.4. The number of esters is 1. The SMILES string of the molecule is Cc1ncsc1-c1ccc([C@H](C)NC(=O)[C@@H]2C[C@@H](O)CN2C(=O)C(NC(=O)CCC(C)c2ccc(Oc3cccc(-c4ccc(N5CCc6cccc(C(=O)Nc7nc8ccccc8s7)c6C5)nc4C(=O)OC(C)(C)C)c3C)cc2)C(C)(C)C)cc1. The molecule has 0 radical (unpaired) electrons. The first-order valence-electron chi connectivity index (χ1n) is 29.2. The molecule has 10 rings (SSSR count). The van der Waals surface area contributed by atoms with Crippen LogP contribution in [0.1, 0.15) is 141 Å². The first-order chi connectivity index (χ1) is 41.0. The number of pyridine rings is 1. The second-order valence-corrected chi connectivity index (χ2v) is 26.4. The third kappa shape index (κ3) is 13.8. The number of rotatable bonds is 17. The van der Waals surface area contributed by atoms with Gasteiger partial charge in [-0.1, -0.05) is 112 Å². The van der Waals surface area contributed by atoms with Crippen molar-refractivity contribution in [2.75, 3.05) is 23.3 Å². The van der Waals surface area contributed by atoms with Gasteiger partial charge in [0.1, 0.15) is 35.0 Å². The van der Waals surface area contributed by atoms with Crippen LogP contribution in [0.3, 0.4) is 0 Å². The number of thiazole rings is 2. The van der Waals surface area contributed by atoms with Gasteiger partial charge < -0.3 is 35.0 Å². The minimum Gasteiger partial charge on any atom is -0.457 e. The summed E-state index contributed by atoms with van der Waals surface area (Å²) in [5, 5.41) is 20.4. The third-order valence-electron chi connectivity index (χ3n) is 15.9. The van der Waals surface area contributed by atoms with Gasteiger partial charge in [0.25, 0.3) is 5.91 Å². The molecule has 5 atom stereocenters. The number of nitrogens with zero attached hydrogens (tertiary/aromatic N) is 5. The van der Waals surface area contributed by atoms with Crippen LogP contribution in [0.15, 0.2) is 127 Å². The number of hydrogen-bond acceptors (Lipinski definition) is 14. The average molecular weight is 1200 g/mol. The van der Waals surface area contributed by atoms with Gasteiger partial charge in [-0.15, -0.1) is 11.3 Å². The molecule has 3 aromatic heterocycles. The van der Waals surface area contributed by atoms with Crippen LogP contribution < -0.4 is 25.6 Å². The Balaban J connectivity index is 0.774. The number of fused-ring (bicyclic) bond motifs is 2. The average Bonchev–Trinajstić information content (AvgIpc) is 4.10. The molecule has 5 heterocycles. The van der Waals surface area contributed by atoms with E-state index in [0.29, 0.717) is 59.5 Å². The van der Waals surface area contributed by atoms with Crippen molar-refractivity contribution in [3.63, 3.8) is 0 Å². The van der Waals surface area contributed by atoms with Crippen molar-refractivity contribution >= 4 is 73.4 Å². The number of anilines is 2. The predicted molar refractivity (Wildman–Crippen MR) is 339 cm³/mol. The number of carbonyl (C=O) groups excluding carboxylic acids is 5. The van der Waals surface area contributed by atoms with E-state index in [4.69, 9.17) is 14.5 Å². The minimum atomic E-state index is -0.948. The highest BCUT2D eigenvalue weighted by molar-refractivity contribution is 7.22. The van der Waals surface area contributed by atoms with E-state index in [1.807, 2.05) is 196 Å². The van der Waals surface area contributed by atoms with Crippen molar-refractivity contribution in [2.45, 2.75) is 137 Å². The Morgan fingerprint density at radius 1 is 0.802 bits per heavy atom. The maximum Gasteiger partial charge on any atom is 0.358 e. The van der Waals surface area contributed by atoms with Crippen molar-refractivity contribution < 1.29 is 38.6 Å². The molecule has 8 aromatic rings. The second-order valence-electron chi connectivity index (χ2n) is 24.5. The summed E-state index contributed by atoms with van der Waals surface area (Å²) in [5.74, 6) is -0.154. The van der Waals surface area contributed by atoms with Gasteiger partial charge in [-0.3, -0.25) is 24.5 Å². The van der Waals surface area contributed by atoms with E-state index in [1.165, 1.54) is 16.2 Å². The van der Waals surface area contributed by atoms with E-state index in [-0.39, 0.29) is 54.8 Å². The minimum absolute atomic E-state index is 0.0193. The van der Waals surface area contributed by atoms with Crippen LogP contribution >= 0.6 is 22.7 Å². The zero-order chi connectivity index (χ0) is 61.2. The fraction of sp³-hybridized carbons (Fsp3) is 0.353. The molecule has 0 saturated carbocycles. The lowest BCUT2D eigenvalue weighted by Crippen LogP contribution is -2.57. The van der Waals surface area contributed by atoms with Crippen LogP contribution in [0.25, 0.3) is 31.8 Å². The fourth-order valence-electron chi connectivity index (χ4n) is 11.2. The van der Waals surface area contributed by atoms with Gasteiger partial charge in [0, 0.05) is 43.6 Å². The molecule has 86 heavy (non-hydrogen) atoms. The van der Waals surface area contributed by atoms with Gasteiger partial charge in [0.2, 0.25) is 17.7 Å². The molecule has 1 saturated heterocycles. The number of nitrogens with one attached hydrogen (secondary N) is 3. The van der Waals surface area contributed by atoms with Gasteiger partial charge in [0.15, 0.2) is 10.8 Å². The van der Waals surface area contributed by atoms with E-state index in [9.17, 15) is 29.1 Å². The van der Waals surface area contributed by atoms with Crippen molar-refractivity contribution in [2.24, 2.45) is 5.41 Å². The number of ether oxygens (including phenoxy) is 2. The number of hydrogen-bond donors (Lipinski definition) is 4. The summed E-state index contributed by atoms with van der Waals surface area (Å²) < 4.78 is 13.5. The summed E-state index contributed by atoms with van der Waals surface area (Å²) in [5.41, 5.74) is 9.83. The number of β-amino-alcohol motifs (C(OH)–C–C–N with tert-alkyl or cyclic N) is 1. The molecular weight excluding hydrogens is 1120 g/mol. The third-order valence-corrected chi connectivity index (χ3v) is 17.9. The molecule has 446 valence electrons. The van der Waals surface area contributed by atoms with Gasteiger partial charge >= 0.3 is 5.97 Å². The lowest BCUT2D eigenvalue weighted by Gasteiger charge is -2.35. The summed E-state index contributed by atoms with van der Waals surface area (Å²) in [6, 6.07) is 36.5. The number of likely N-dealkylation sites (tertiary alicyclic amines) is 1. The highest BCUT2D eigenvalue weighted by atomic mass is 32.1. The van der Waals surface area contributed by atoms with E-state index < -0.39 is 41.1 Å². The Morgan fingerprint density at radius 2 is 1.53 bits per heavy atom. The number of para-hydroxylation sites is 1. The van der Waals surface area contributed by atoms with E-state index >= 15 is 0 Å². The van der Waals surface area contributed by atoms with E-state index in [1.54, 1.807) is 11.3 Å². The number of aryl methyl sites for hydroxylation is 1. The second kappa shape index (κ2) is 25.3. The summed E-state index contributed by atoms with van der Waals surface area (Å²) in [6.07, 6.45) is 0.515. The van der Waals surface area contributed by atoms with Gasteiger partial charge in [0.05, 0.1) is 38.4 Å². The largest absolute Gasteiger partial charge is 0.457 e. The predicted octanol–water partition coefficient (Wildman–Crippen LogP) is 12.9. The van der Waals surface area contributed by atoms with Crippen molar-refractivity contribution in [1.29, 1.82) is 0 Å². The van der Waals surface area contributed by atoms with E-state index in [2.05, 4.69) is 30.8 Å². The molecule has 2 aliphatic heterocycles. The monoisotopic (exact) mass is 1190 g/mol. The van der Waals surface area contributed by atoms with Crippen LogP contribution in [0.4, 0.5) is 10.9 Å². The van der Waals surface area contributed by atoms with Gasteiger partial charge in [-0.2, -0.15) is 0 Å². The zero-order valence-corrected chi connectivity index (χ0v) is 52.0. The smallest absolute Gasteiger partial charge is 0.358 e. The Kier molecular flexibility index (Phi) is 17.9. The number of aliphatic hydroxyl groups is 1. The molecule has 4 amide bonds. The highest BCUT2D eigenvalue weighted by Crippen LogP contribution is 2.38. The molecule has 0 aliphatic carbocycles. The molecule has 16 nitrogen and oxygen atoms in total. The number of amides is 4. The molecule has 0 spiro atoms. The van der Waals surface area contributed by atoms with Crippen molar-refractivity contribution in [3.05, 3.63) is 172 Å². The van der Waals surface area contributed by atoms with Crippen LogP contribution in [0.2, 0.25) is 0 Å². The number of aliphatic hydroxyl groups excluding tert-OH is 1. The number of aromatic nitrogens is 3. The molecule has 0 bridgehead atoms. The molecule has 18 heteroatoms. The first-order valence-corrected chi connectivity index (χ1v) is 30.9. The Labute approximate surface area is 510 Å². The summed E-state index contributed by atoms with van der Waals surface area (Å²) in [6.45, 7) is 19.9. The maximum atomic E-state index is 14.4. The Bertz CT molecular complexity index is 3790. The summed E-state index contributed by atoms with van der Waals surface area (Å²) in [7, 11) is 0. The molecule has 2 unspecified atom stereocenters. The normalized spacial score (nSPS) is 16.2. The molecule has 1 fully saturated rings. The standard InChI is InChI=1S/C68H74N8O8S2/c1-39(21-32-58(78)73-61(67(5,6)7)64(81)76-36-47(77)35-54(76)63(80)70-41(3)44-22-24-46(25-23-44)60-42(4)69-38-85-60)43-26-28-48(29-27-43)83-55-19-14-16-49(40(55)2)50-30-31-57(72-59(50)65(82)84-68(8,9)10)75-34-33-45-15-13-17-51(52(45)37-75)62(79)74-66-71-53-18-11-12-20-56(53)86-66/h11-20,22-31,38-39,41,47,54,61,77H,21,32-37H2,1-10H3,(H,70,80)(H,73,78)(H,71,74,79)/t39?,41-,47+,54-,61?/m0/s1. The number of benzene rings is 5. The Morgan fingerprint density at radius 3 is 2.24 bits per heavy atom. The topological polar surface area (TPSA) is 205 Å². The molecular formula is C68H74N8O8S2. The molecule has 4 N–H and O–H groups in total. The van der Waals surface area contributed by atoms with Gasteiger partial charge in [-0.25, -0.2) is 19.7 Å². The molecule has 5 aromatic carbocycles. The summed E-state index contributed by atoms with van der Waals surface area (Å²) in [4.78, 5) is 88.6.